The van der Waals surface area contributed by atoms with Crippen molar-refractivity contribution >= 4 is 29.9 Å². The Labute approximate surface area is 146 Å². The van der Waals surface area contributed by atoms with Crippen molar-refractivity contribution in [3.05, 3.63) is 39.9 Å². The molecule has 24 heavy (non-hydrogen) atoms. The Morgan fingerprint density at radius 2 is 1.67 bits per heavy atom. The minimum atomic E-state index is -0.496. The molecule has 0 atom stereocenters. The Kier molecular flexibility index (Phi) is 7.60. The molecule has 132 valence electrons. The minimum absolute atomic E-state index is 0. The van der Waals surface area contributed by atoms with Gasteiger partial charge in [-0.25, -0.2) is 0 Å². The summed E-state index contributed by atoms with van der Waals surface area (Å²) in [4.78, 5) is 37.9. The number of hydrogen-bond acceptors (Lipinski definition) is 5. The van der Waals surface area contributed by atoms with Crippen LogP contribution < -0.4 is 5.32 Å². The molecule has 1 fully saturated rings. The molecule has 1 saturated heterocycles. The molecule has 2 amide bonds. The van der Waals surface area contributed by atoms with E-state index in [0.717, 1.165) is 0 Å². The van der Waals surface area contributed by atoms with E-state index in [-0.39, 0.29) is 29.9 Å². The zero-order valence-electron chi connectivity index (χ0n) is 13.4. The first kappa shape index (κ1) is 19.9. The van der Waals surface area contributed by atoms with Crippen LogP contribution in [0.4, 0.5) is 5.69 Å². The number of nitrogens with zero attached hydrogens (tertiary/aromatic N) is 3. The topological polar surface area (TPSA) is 95.8 Å². The summed E-state index contributed by atoms with van der Waals surface area (Å²) >= 11 is 0. The lowest BCUT2D eigenvalue weighted by Crippen LogP contribution is -2.50. The SMILES string of the molecule is CNCCC(=O)N1CCN(C(=O)c2ccc([N+](=O)[O-])cc2)CC1.Cl. The molecule has 0 saturated carbocycles. The first-order valence-corrected chi connectivity index (χ1v) is 7.49. The van der Waals surface area contributed by atoms with Crippen LogP contribution >= 0.6 is 12.4 Å². The van der Waals surface area contributed by atoms with Gasteiger partial charge in [0.05, 0.1) is 4.92 Å². The van der Waals surface area contributed by atoms with E-state index < -0.39 is 4.92 Å². The summed E-state index contributed by atoms with van der Waals surface area (Å²) in [5, 5.41) is 13.6. The molecule has 1 aromatic carbocycles. The van der Waals surface area contributed by atoms with Crippen LogP contribution in [0.1, 0.15) is 16.8 Å². The van der Waals surface area contributed by atoms with Crippen molar-refractivity contribution < 1.29 is 14.5 Å². The molecule has 1 aromatic rings. The van der Waals surface area contributed by atoms with E-state index in [1.54, 1.807) is 16.8 Å². The molecule has 0 bridgehead atoms. The van der Waals surface area contributed by atoms with Gasteiger partial charge in [0.1, 0.15) is 0 Å². The number of piperazine rings is 1. The lowest BCUT2D eigenvalue weighted by atomic mass is 10.1. The van der Waals surface area contributed by atoms with Crippen molar-refractivity contribution in [2.45, 2.75) is 6.42 Å². The zero-order chi connectivity index (χ0) is 16.8. The second-order valence-corrected chi connectivity index (χ2v) is 5.33. The van der Waals surface area contributed by atoms with Gasteiger partial charge in [-0.1, -0.05) is 0 Å². The van der Waals surface area contributed by atoms with Crippen LogP contribution in [0.3, 0.4) is 0 Å². The maximum absolute atomic E-state index is 12.4. The highest BCUT2D eigenvalue weighted by Crippen LogP contribution is 2.14. The Hall–Kier alpha value is -2.19. The van der Waals surface area contributed by atoms with Crippen LogP contribution in [0, 0.1) is 10.1 Å². The lowest BCUT2D eigenvalue weighted by molar-refractivity contribution is -0.384. The molecule has 8 nitrogen and oxygen atoms in total. The van der Waals surface area contributed by atoms with Gasteiger partial charge < -0.3 is 15.1 Å². The van der Waals surface area contributed by atoms with Crippen molar-refractivity contribution in [3.8, 4) is 0 Å². The number of halogens is 1. The fourth-order valence-electron chi connectivity index (χ4n) is 2.46. The molecule has 0 unspecified atom stereocenters. The van der Waals surface area contributed by atoms with Gasteiger partial charge in [0.2, 0.25) is 5.91 Å². The van der Waals surface area contributed by atoms with Gasteiger partial charge in [0.15, 0.2) is 0 Å². The van der Waals surface area contributed by atoms with Gasteiger partial charge in [-0.15, -0.1) is 12.4 Å². The smallest absolute Gasteiger partial charge is 0.269 e. The van der Waals surface area contributed by atoms with E-state index in [1.807, 2.05) is 0 Å². The number of carbonyl (C=O) groups excluding carboxylic acids is 2. The number of amides is 2. The number of non-ortho nitro benzene ring substituents is 1. The van der Waals surface area contributed by atoms with Gasteiger partial charge >= 0.3 is 0 Å². The van der Waals surface area contributed by atoms with E-state index in [2.05, 4.69) is 5.32 Å². The van der Waals surface area contributed by atoms with E-state index in [4.69, 9.17) is 0 Å². The van der Waals surface area contributed by atoms with Crippen molar-refractivity contribution in [2.75, 3.05) is 39.8 Å². The molecule has 0 aliphatic carbocycles. The quantitative estimate of drug-likeness (QED) is 0.625. The highest BCUT2D eigenvalue weighted by atomic mass is 35.5. The van der Waals surface area contributed by atoms with E-state index in [1.165, 1.54) is 24.3 Å². The maximum atomic E-state index is 12.4. The summed E-state index contributed by atoms with van der Waals surface area (Å²) in [6, 6.07) is 5.57. The summed E-state index contributed by atoms with van der Waals surface area (Å²) in [6.45, 7) is 2.62. The zero-order valence-corrected chi connectivity index (χ0v) is 14.3. The van der Waals surface area contributed by atoms with E-state index >= 15 is 0 Å². The number of nitro groups is 1. The van der Waals surface area contributed by atoms with Crippen LogP contribution in [0.5, 0.6) is 0 Å². The molecule has 9 heteroatoms. The molecular weight excluding hydrogens is 336 g/mol. The van der Waals surface area contributed by atoms with Gasteiger partial charge in [0.25, 0.3) is 11.6 Å². The second-order valence-electron chi connectivity index (χ2n) is 5.33. The number of nitro benzene ring substituents is 1. The molecule has 0 radical (unpaired) electrons. The highest BCUT2D eigenvalue weighted by Gasteiger charge is 2.24. The average Bonchev–Trinajstić information content (AvgIpc) is 2.59. The molecule has 1 aliphatic rings. The van der Waals surface area contributed by atoms with E-state index in [9.17, 15) is 19.7 Å². The molecule has 0 aromatic heterocycles. The van der Waals surface area contributed by atoms with Gasteiger partial charge in [-0.3, -0.25) is 19.7 Å². The third-order valence-electron chi connectivity index (χ3n) is 3.83. The number of benzene rings is 1. The first-order chi connectivity index (χ1) is 11.0. The van der Waals surface area contributed by atoms with E-state index in [0.29, 0.717) is 44.7 Å². The molecule has 1 aliphatic heterocycles. The van der Waals surface area contributed by atoms with Gasteiger partial charge in [0, 0.05) is 56.8 Å². The Morgan fingerprint density at radius 1 is 1.12 bits per heavy atom. The maximum Gasteiger partial charge on any atom is 0.269 e. The fraction of sp³-hybridized carbons (Fsp3) is 0.467. The van der Waals surface area contributed by atoms with Crippen molar-refractivity contribution in [3.63, 3.8) is 0 Å². The lowest BCUT2D eigenvalue weighted by Gasteiger charge is -2.34. The summed E-state index contributed by atoms with van der Waals surface area (Å²) < 4.78 is 0. The van der Waals surface area contributed by atoms with Crippen molar-refractivity contribution in [1.29, 1.82) is 0 Å². The van der Waals surface area contributed by atoms with Gasteiger partial charge in [-0.05, 0) is 19.2 Å². The predicted octanol–water partition coefficient (Wildman–Crippen LogP) is 0.911. The second kappa shape index (κ2) is 9.19. The third-order valence-corrected chi connectivity index (χ3v) is 3.83. The minimum Gasteiger partial charge on any atom is -0.339 e. The summed E-state index contributed by atoms with van der Waals surface area (Å²) in [6.07, 6.45) is 0.451. The van der Waals surface area contributed by atoms with Crippen LogP contribution in [0.15, 0.2) is 24.3 Å². The molecule has 0 spiro atoms. The Balaban J connectivity index is 0.00000288. The monoisotopic (exact) mass is 356 g/mol. The van der Waals surface area contributed by atoms with Crippen LogP contribution in [0.25, 0.3) is 0 Å². The number of carbonyl (C=O) groups is 2. The number of nitrogens with one attached hydrogen (secondary N) is 1. The standard InChI is InChI=1S/C15H20N4O4.ClH/c1-16-7-6-14(20)17-8-10-18(11-9-17)15(21)12-2-4-13(5-3-12)19(22)23;/h2-5,16H,6-11H2,1H3;1H. The molecular formula is C15H21ClN4O4. The van der Waals surface area contributed by atoms with Crippen LogP contribution in [0.2, 0.25) is 0 Å². The molecule has 1 N–H and O–H groups in total. The number of hydrogen-bond donors (Lipinski definition) is 1. The molecule has 2 rings (SSSR count). The highest BCUT2D eigenvalue weighted by molar-refractivity contribution is 5.94. The number of rotatable bonds is 5. The first-order valence-electron chi connectivity index (χ1n) is 7.49. The Bertz CT molecular complexity index is 586. The largest absolute Gasteiger partial charge is 0.339 e. The predicted molar refractivity (Wildman–Crippen MR) is 91.4 cm³/mol. The summed E-state index contributed by atoms with van der Waals surface area (Å²) in [7, 11) is 1.80. The third kappa shape index (κ3) is 4.90. The van der Waals surface area contributed by atoms with Crippen molar-refractivity contribution in [2.24, 2.45) is 0 Å². The van der Waals surface area contributed by atoms with Crippen LogP contribution in [-0.2, 0) is 4.79 Å². The normalized spacial score (nSPS) is 14.0. The van der Waals surface area contributed by atoms with Crippen LogP contribution in [-0.4, -0.2) is 66.3 Å². The summed E-state index contributed by atoms with van der Waals surface area (Å²) in [5.74, 6) is -0.0796. The molecule has 1 heterocycles. The fourth-order valence-corrected chi connectivity index (χ4v) is 2.46. The Morgan fingerprint density at radius 3 is 2.17 bits per heavy atom. The van der Waals surface area contributed by atoms with Crippen molar-refractivity contribution in [1.82, 2.24) is 15.1 Å². The summed E-state index contributed by atoms with van der Waals surface area (Å²) in [5.41, 5.74) is 0.382. The van der Waals surface area contributed by atoms with Gasteiger partial charge in [-0.2, -0.15) is 0 Å². The average molecular weight is 357 g/mol.